The number of nitrogens with zero attached hydrogens (tertiary/aromatic N) is 1. The van der Waals surface area contributed by atoms with E-state index in [1.807, 2.05) is 22.9 Å². The molecule has 0 bridgehead atoms. The Kier molecular flexibility index (Phi) is 4.08. The Bertz CT molecular complexity index is 561. The average molecular weight is 328 g/mol. The first-order chi connectivity index (χ1) is 8.60. The maximum atomic E-state index is 12.0. The third-order valence-corrected chi connectivity index (χ3v) is 4.23. The van der Waals surface area contributed by atoms with Gasteiger partial charge >= 0.3 is 0 Å². The summed E-state index contributed by atoms with van der Waals surface area (Å²) >= 11 is 5.00. The van der Waals surface area contributed by atoms with Crippen molar-refractivity contribution in [3.63, 3.8) is 0 Å². The van der Waals surface area contributed by atoms with E-state index in [2.05, 4.69) is 21.2 Å². The summed E-state index contributed by atoms with van der Waals surface area (Å²) in [4.78, 5) is 13.1. The first kappa shape index (κ1) is 13.2. The molecule has 0 aliphatic carbocycles. The second kappa shape index (κ2) is 5.58. The number of halogens is 1. The molecule has 0 radical (unpaired) electrons. The van der Waals surface area contributed by atoms with Crippen LogP contribution in [0.15, 0.2) is 28.2 Å². The maximum Gasteiger partial charge on any atom is 0.268 e. The highest BCUT2D eigenvalue weighted by molar-refractivity contribution is 9.10. The lowest BCUT2D eigenvalue weighted by molar-refractivity contribution is 0.0942. The van der Waals surface area contributed by atoms with Crippen LogP contribution in [0.3, 0.4) is 0 Å². The molecule has 3 N–H and O–H groups in total. The van der Waals surface area contributed by atoms with Gasteiger partial charge in [-0.15, -0.1) is 11.3 Å². The minimum Gasteiger partial charge on any atom is -0.397 e. The standard InChI is InChI=1S/C12H14BrN3OS/c1-2-16-6-9(14)4-11(16)12(17)15-5-10-3-8(13)7-18-10/h3-4,6-7H,2,5,14H2,1H3,(H,15,17). The second-order valence-electron chi connectivity index (χ2n) is 3.86. The topological polar surface area (TPSA) is 60.0 Å². The van der Waals surface area contributed by atoms with Crippen LogP contribution < -0.4 is 11.1 Å². The van der Waals surface area contributed by atoms with Crippen LogP contribution in [0, 0.1) is 0 Å². The number of carbonyl (C=O) groups excluding carboxylic acids is 1. The van der Waals surface area contributed by atoms with E-state index >= 15 is 0 Å². The molecule has 0 aromatic carbocycles. The molecule has 4 nitrogen and oxygen atoms in total. The predicted molar refractivity (Wildman–Crippen MR) is 77.7 cm³/mol. The van der Waals surface area contributed by atoms with Crippen LogP contribution in [0.1, 0.15) is 22.3 Å². The lowest BCUT2D eigenvalue weighted by Gasteiger charge is -2.06. The average Bonchev–Trinajstić information content (AvgIpc) is 2.92. The highest BCUT2D eigenvalue weighted by Crippen LogP contribution is 2.19. The van der Waals surface area contributed by atoms with Crippen LogP contribution in [0.5, 0.6) is 0 Å². The molecule has 0 saturated carbocycles. The number of carbonyl (C=O) groups is 1. The van der Waals surface area contributed by atoms with Crippen molar-refractivity contribution in [3.8, 4) is 0 Å². The van der Waals surface area contributed by atoms with Gasteiger partial charge in [0.05, 0.1) is 12.2 Å². The Labute approximate surface area is 118 Å². The molecule has 0 atom stereocenters. The molecule has 0 aliphatic heterocycles. The molecule has 0 saturated heterocycles. The number of nitrogen functional groups attached to an aromatic ring is 1. The van der Waals surface area contributed by atoms with E-state index in [0.717, 1.165) is 15.9 Å². The Morgan fingerprint density at radius 1 is 1.56 bits per heavy atom. The summed E-state index contributed by atoms with van der Waals surface area (Å²) in [6.07, 6.45) is 1.77. The van der Waals surface area contributed by atoms with E-state index in [1.165, 1.54) is 0 Å². The quantitative estimate of drug-likeness (QED) is 0.907. The van der Waals surface area contributed by atoms with E-state index in [-0.39, 0.29) is 5.91 Å². The lowest BCUT2D eigenvalue weighted by Crippen LogP contribution is -2.24. The molecule has 0 spiro atoms. The summed E-state index contributed by atoms with van der Waals surface area (Å²) in [6, 6.07) is 3.70. The van der Waals surface area contributed by atoms with Crippen molar-refractivity contribution in [2.45, 2.75) is 20.0 Å². The fourth-order valence-corrected chi connectivity index (χ4v) is 3.08. The molecule has 0 fully saturated rings. The van der Waals surface area contributed by atoms with Crippen molar-refractivity contribution >= 4 is 38.9 Å². The molecule has 2 heterocycles. The molecule has 18 heavy (non-hydrogen) atoms. The molecular weight excluding hydrogens is 314 g/mol. The Morgan fingerprint density at radius 3 is 2.94 bits per heavy atom. The number of thiophene rings is 1. The van der Waals surface area contributed by atoms with Gasteiger partial charge in [-0.3, -0.25) is 4.79 Å². The van der Waals surface area contributed by atoms with Crippen LogP contribution in [-0.2, 0) is 13.1 Å². The second-order valence-corrected chi connectivity index (χ2v) is 5.77. The number of aryl methyl sites for hydroxylation is 1. The number of hydrogen-bond donors (Lipinski definition) is 2. The van der Waals surface area contributed by atoms with Gasteiger partial charge in [0.2, 0.25) is 0 Å². The van der Waals surface area contributed by atoms with E-state index in [1.54, 1.807) is 23.6 Å². The molecule has 0 aliphatic rings. The molecule has 2 rings (SSSR count). The van der Waals surface area contributed by atoms with Crippen molar-refractivity contribution in [3.05, 3.63) is 38.8 Å². The molecular formula is C12H14BrN3OS. The number of aromatic nitrogens is 1. The summed E-state index contributed by atoms with van der Waals surface area (Å²) in [7, 11) is 0. The summed E-state index contributed by atoms with van der Waals surface area (Å²) in [5, 5.41) is 4.89. The zero-order valence-corrected chi connectivity index (χ0v) is 12.3. The van der Waals surface area contributed by atoms with Gasteiger partial charge in [0.25, 0.3) is 5.91 Å². The van der Waals surface area contributed by atoms with Gasteiger partial charge in [-0.1, -0.05) is 0 Å². The first-order valence-electron chi connectivity index (χ1n) is 5.57. The zero-order valence-electron chi connectivity index (χ0n) is 9.94. The minimum absolute atomic E-state index is 0.0990. The van der Waals surface area contributed by atoms with Crippen molar-refractivity contribution in [2.75, 3.05) is 5.73 Å². The van der Waals surface area contributed by atoms with E-state index in [9.17, 15) is 4.79 Å². The number of hydrogen-bond acceptors (Lipinski definition) is 3. The van der Waals surface area contributed by atoms with Crippen molar-refractivity contribution in [1.29, 1.82) is 0 Å². The summed E-state index contributed by atoms with van der Waals surface area (Å²) < 4.78 is 2.88. The van der Waals surface area contributed by atoms with Gasteiger partial charge in [0, 0.05) is 27.5 Å². The van der Waals surface area contributed by atoms with E-state index < -0.39 is 0 Å². The predicted octanol–water partition coefficient (Wildman–Crippen LogP) is 2.84. The molecule has 2 aromatic rings. The molecule has 6 heteroatoms. The Morgan fingerprint density at radius 2 is 2.33 bits per heavy atom. The Balaban J connectivity index is 2.03. The summed E-state index contributed by atoms with van der Waals surface area (Å²) in [5.74, 6) is -0.0990. The molecule has 96 valence electrons. The number of anilines is 1. The Hall–Kier alpha value is -1.27. The van der Waals surface area contributed by atoms with Crippen LogP contribution in [0.25, 0.3) is 0 Å². The highest BCUT2D eigenvalue weighted by atomic mass is 79.9. The normalized spacial score (nSPS) is 10.6. The van der Waals surface area contributed by atoms with Crippen LogP contribution in [-0.4, -0.2) is 10.5 Å². The van der Waals surface area contributed by atoms with Crippen LogP contribution in [0.4, 0.5) is 5.69 Å². The lowest BCUT2D eigenvalue weighted by atomic mass is 10.3. The molecule has 0 unspecified atom stereocenters. The van der Waals surface area contributed by atoms with Crippen LogP contribution in [0.2, 0.25) is 0 Å². The third-order valence-electron chi connectivity index (χ3n) is 2.54. The van der Waals surface area contributed by atoms with Gasteiger partial charge < -0.3 is 15.6 Å². The maximum absolute atomic E-state index is 12.0. The van der Waals surface area contributed by atoms with Crippen LogP contribution >= 0.6 is 27.3 Å². The third kappa shape index (κ3) is 2.94. The van der Waals surface area contributed by atoms with Crippen molar-refractivity contribution in [2.24, 2.45) is 0 Å². The fraction of sp³-hybridized carbons (Fsp3) is 0.250. The number of rotatable bonds is 4. The largest absolute Gasteiger partial charge is 0.397 e. The first-order valence-corrected chi connectivity index (χ1v) is 7.24. The van der Waals surface area contributed by atoms with Gasteiger partial charge in [0.1, 0.15) is 5.69 Å². The van der Waals surface area contributed by atoms with Crippen molar-refractivity contribution < 1.29 is 4.79 Å². The van der Waals surface area contributed by atoms with Gasteiger partial charge in [0.15, 0.2) is 0 Å². The molecule has 2 aromatic heterocycles. The summed E-state index contributed by atoms with van der Waals surface area (Å²) in [6.45, 7) is 3.24. The summed E-state index contributed by atoms with van der Waals surface area (Å²) in [5.41, 5.74) is 6.91. The smallest absolute Gasteiger partial charge is 0.268 e. The number of amides is 1. The van der Waals surface area contributed by atoms with Gasteiger partial charge in [-0.25, -0.2) is 0 Å². The van der Waals surface area contributed by atoms with E-state index in [4.69, 9.17) is 5.73 Å². The van der Waals surface area contributed by atoms with Crippen molar-refractivity contribution in [1.82, 2.24) is 9.88 Å². The zero-order chi connectivity index (χ0) is 13.1. The molecule has 1 amide bonds. The van der Waals surface area contributed by atoms with E-state index in [0.29, 0.717) is 17.9 Å². The fourth-order valence-electron chi connectivity index (χ4n) is 1.69. The number of nitrogens with one attached hydrogen (secondary N) is 1. The van der Waals surface area contributed by atoms with Gasteiger partial charge in [-0.2, -0.15) is 0 Å². The van der Waals surface area contributed by atoms with Gasteiger partial charge in [-0.05, 0) is 35.0 Å². The number of nitrogens with two attached hydrogens (primary N) is 1. The minimum atomic E-state index is -0.0990. The highest BCUT2D eigenvalue weighted by Gasteiger charge is 2.11. The SMILES string of the molecule is CCn1cc(N)cc1C(=O)NCc1cc(Br)cs1. The monoisotopic (exact) mass is 327 g/mol.